The van der Waals surface area contributed by atoms with Gasteiger partial charge in [0.05, 0.1) is 19.3 Å². The van der Waals surface area contributed by atoms with Crippen molar-refractivity contribution in [3.05, 3.63) is 5.28 Å². The molecule has 0 N–H and O–H groups in total. The van der Waals surface area contributed by atoms with E-state index in [0.29, 0.717) is 19.8 Å². The molecular formula is C11H15ClF3N5O. The first-order chi connectivity index (χ1) is 9.76. The maximum Gasteiger partial charge on any atom is 0.406 e. The Morgan fingerprint density at radius 1 is 1.38 bits per heavy atom. The van der Waals surface area contributed by atoms with Crippen LogP contribution < -0.4 is 9.80 Å². The molecule has 0 aromatic carbocycles. The number of morpholine rings is 1. The van der Waals surface area contributed by atoms with Gasteiger partial charge in [-0.3, -0.25) is 0 Å². The molecule has 2 rings (SSSR count). The van der Waals surface area contributed by atoms with E-state index in [1.165, 1.54) is 7.05 Å². The fourth-order valence-electron chi connectivity index (χ4n) is 1.99. The molecule has 0 aliphatic carbocycles. The number of halogens is 4. The van der Waals surface area contributed by atoms with E-state index in [9.17, 15) is 13.2 Å². The fourth-order valence-corrected chi connectivity index (χ4v) is 2.14. The van der Waals surface area contributed by atoms with Crippen LogP contribution in [0, 0.1) is 0 Å². The zero-order valence-electron chi connectivity index (χ0n) is 11.6. The lowest BCUT2D eigenvalue weighted by Crippen LogP contribution is -2.45. The molecule has 21 heavy (non-hydrogen) atoms. The van der Waals surface area contributed by atoms with Crippen LogP contribution in [0.3, 0.4) is 0 Å². The Labute approximate surface area is 124 Å². The Balaban J connectivity index is 2.24. The van der Waals surface area contributed by atoms with Gasteiger partial charge >= 0.3 is 6.18 Å². The lowest BCUT2D eigenvalue weighted by Gasteiger charge is -2.33. The molecule has 1 aromatic rings. The second-order valence-electron chi connectivity index (χ2n) is 4.79. The van der Waals surface area contributed by atoms with Crippen LogP contribution in [0.2, 0.25) is 5.28 Å². The Morgan fingerprint density at radius 2 is 2.10 bits per heavy atom. The Bertz CT molecular complexity index is 501. The van der Waals surface area contributed by atoms with Gasteiger partial charge < -0.3 is 14.5 Å². The lowest BCUT2D eigenvalue weighted by atomic mass is 10.3. The van der Waals surface area contributed by atoms with Crippen molar-refractivity contribution in [2.24, 2.45) is 0 Å². The minimum absolute atomic E-state index is 0.0120. The molecule has 1 fully saturated rings. The van der Waals surface area contributed by atoms with E-state index >= 15 is 0 Å². The highest BCUT2D eigenvalue weighted by Gasteiger charge is 2.31. The van der Waals surface area contributed by atoms with E-state index in [2.05, 4.69) is 15.0 Å². The monoisotopic (exact) mass is 325 g/mol. The van der Waals surface area contributed by atoms with Gasteiger partial charge in [0.25, 0.3) is 0 Å². The Hall–Kier alpha value is -1.35. The summed E-state index contributed by atoms with van der Waals surface area (Å²) in [6.07, 6.45) is -4.35. The molecule has 1 saturated heterocycles. The summed E-state index contributed by atoms with van der Waals surface area (Å²) in [6.45, 7) is 2.30. The van der Waals surface area contributed by atoms with Crippen LogP contribution in [0.4, 0.5) is 25.1 Å². The summed E-state index contributed by atoms with van der Waals surface area (Å²) in [7, 11) is 1.26. The number of ether oxygens (including phenoxy) is 1. The summed E-state index contributed by atoms with van der Waals surface area (Å²) >= 11 is 5.80. The molecule has 0 unspecified atom stereocenters. The van der Waals surface area contributed by atoms with E-state index in [0.717, 1.165) is 4.90 Å². The van der Waals surface area contributed by atoms with Gasteiger partial charge in [0.2, 0.25) is 17.2 Å². The summed E-state index contributed by atoms with van der Waals surface area (Å²) in [5.74, 6) is 0.149. The summed E-state index contributed by atoms with van der Waals surface area (Å²) < 4.78 is 42.6. The molecule has 1 aliphatic heterocycles. The van der Waals surface area contributed by atoms with Crippen molar-refractivity contribution < 1.29 is 17.9 Å². The maximum absolute atomic E-state index is 12.4. The summed E-state index contributed by atoms with van der Waals surface area (Å²) in [4.78, 5) is 14.5. The maximum atomic E-state index is 12.4. The number of nitrogens with zero attached hydrogens (tertiary/aromatic N) is 5. The summed E-state index contributed by atoms with van der Waals surface area (Å²) in [5.41, 5.74) is 0. The summed E-state index contributed by atoms with van der Waals surface area (Å²) in [6, 6.07) is 0.0120. The Morgan fingerprint density at radius 3 is 2.71 bits per heavy atom. The van der Waals surface area contributed by atoms with Gasteiger partial charge in [0, 0.05) is 13.6 Å². The number of aromatic nitrogens is 3. The fraction of sp³-hybridized carbons (Fsp3) is 0.727. The average Bonchev–Trinajstić information content (AvgIpc) is 2.36. The van der Waals surface area contributed by atoms with Crippen molar-refractivity contribution in [1.29, 1.82) is 0 Å². The third kappa shape index (κ3) is 4.31. The van der Waals surface area contributed by atoms with Crippen LogP contribution >= 0.6 is 11.6 Å². The second-order valence-corrected chi connectivity index (χ2v) is 5.13. The van der Waals surface area contributed by atoms with Crippen LogP contribution in [0.1, 0.15) is 6.92 Å². The number of rotatable bonds is 3. The minimum Gasteiger partial charge on any atom is -0.377 e. The number of anilines is 2. The molecule has 2 heterocycles. The normalized spacial score (nSPS) is 19.7. The molecule has 10 heteroatoms. The highest BCUT2D eigenvalue weighted by molar-refractivity contribution is 6.28. The SMILES string of the molecule is C[C@@H]1COCCN1c1nc(Cl)nc(N(C)CC(F)(F)F)n1. The van der Waals surface area contributed by atoms with E-state index in [1.54, 1.807) is 0 Å². The van der Waals surface area contributed by atoms with Crippen LogP contribution in [0.5, 0.6) is 0 Å². The molecule has 118 valence electrons. The van der Waals surface area contributed by atoms with Gasteiger partial charge in [0.15, 0.2) is 0 Å². The minimum atomic E-state index is -4.35. The van der Waals surface area contributed by atoms with Gasteiger partial charge in [0.1, 0.15) is 6.54 Å². The van der Waals surface area contributed by atoms with Crippen molar-refractivity contribution in [1.82, 2.24) is 15.0 Å². The smallest absolute Gasteiger partial charge is 0.377 e. The van der Waals surface area contributed by atoms with E-state index < -0.39 is 12.7 Å². The first kappa shape index (κ1) is 16.0. The standard InChI is InChI=1S/C11H15ClF3N5O/c1-7-5-21-4-3-20(7)10-17-8(12)16-9(18-10)19(2)6-11(13,14)15/h7H,3-6H2,1-2H3/t7-/m1/s1. The van der Waals surface area contributed by atoms with Gasteiger partial charge in [-0.15, -0.1) is 0 Å². The molecule has 0 amide bonds. The average molecular weight is 326 g/mol. The van der Waals surface area contributed by atoms with Crippen LogP contribution in [-0.4, -0.2) is 60.5 Å². The number of alkyl halides is 3. The quantitative estimate of drug-likeness (QED) is 0.844. The molecule has 0 spiro atoms. The Kier molecular flexibility index (Phi) is 4.72. The topological polar surface area (TPSA) is 54.4 Å². The zero-order valence-corrected chi connectivity index (χ0v) is 12.3. The third-order valence-corrected chi connectivity index (χ3v) is 3.14. The van der Waals surface area contributed by atoms with Crippen molar-refractivity contribution in [3.63, 3.8) is 0 Å². The largest absolute Gasteiger partial charge is 0.406 e. The van der Waals surface area contributed by atoms with E-state index in [-0.39, 0.29) is 23.2 Å². The second kappa shape index (κ2) is 6.18. The predicted molar refractivity (Wildman–Crippen MR) is 71.8 cm³/mol. The van der Waals surface area contributed by atoms with Crippen molar-refractivity contribution in [3.8, 4) is 0 Å². The van der Waals surface area contributed by atoms with Crippen LogP contribution in [-0.2, 0) is 4.74 Å². The molecule has 0 saturated carbocycles. The zero-order chi connectivity index (χ0) is 15.6. The highest BCUT2D eigenvalue weighted by Crippen LogP contribution is 2.22. The van der Waals surface area contributed by atoms with Gasteiger partial charge in [-0.1, -0.05) is 0 Å². The van der Waals surface area contributed by atoms with E-state index in [4.69, 9.17) is 16.3 Å². The van der Waals surface area contributed by atoms with Gasteiger partial charge in [-0.05, 0) is 18.5 Å². The first-order valence-corrected chi connectivity index (χ1v) is 6.68. The molecule has 1 aliphatic rings. The lowest BCUT2D eigenvalue weighted by molar-refractivity contribution is -0.119. The molecular weight excluding hydrogens is 311 g/mol. The number of hydrogen-bond donors (Lipinski definition) is 0. The molecule has 0 radical (unpaired) electrons. The van der Waals surface area contributed by atoms with Crippen molar-refractivity contribution in [2.45, 2.75) is 19.1 Å². The number of hydrogen-bond acceptors (Lipinski definition) is 6. The third-order valence-electron chi connectivity index (χ3n) is 2.97. The van der Waals surface area contributed by atoms with Gasteiger partial charge in [-0.2, -0.15) is 28.1 Å². The van der Waals surface area contributed by atoms with E-state index in [1.807, 2.05) is 11.8 Å². The van der Waals surface area contributed by atoms with Gasteiger partial charge in [-0.25, -0.2) is 0 Å². The predicted octanol–water partition coefficient (Wildman–Crippen LogP) is 1.75. The molecule has 1 aromatic heterocycles. The van der Waals surface area contributed by atoms with Crippen LogP contribution in [0.25, 0.3) is 0 Å². The molecule has 6 nitrogen and oxygen atoms in total. The van der Waals surface area contributed by atoms with Crippen LogP contribution in [0.15, 0.2) is 0 Å². The van der Waals surface area contributed by atoms with Crippen molar-refractivity contribution >= 4 is 23.5 Å². The summed E-state index contributed by atoms with van der Waals surface area (Å²) in [5, 5.41) is -0.136. The molecule has 0 bridgehead atoms. The van der Waals surface area contributed by atoms with Crippen molar-refractivity contribution in [2.75, 3.05) is 43.2 Å². The molecule has 1 atom stereocenters. The first-order valence-electron chi connectivity index (χ1n) is 6.30. The highest BCUT2D eigenvalue weighted by atomic mass is 35.5.